The Bertz CT molecular complexity index is 1450. The van der Waals surface area contributed by atoms with E-state index in [1.807, 2.05) is 24.3 Å². The van der Waals surface area contributed by atoms with Crippen LogP contribution in [-0.4, -0.2) is 28.4 Å². The highest BCUT2D eigenvalue weighted by Gasteiger charge is 2.26. The molecule has 0 aromatic heterocycles. The van der Waals surface area contributed by atoms with Crippen LogP contribution >= 0.6 is 0 Å². The Morgan fingerprint density at radius 1 is 0.438 bits per heavy atom. The number of ether oxygens (including phenoxy) is 4. The van der Waals surface area contributed by atoms with E-state index in [0.717, 1.165) is 38.4 Å². The summed E-state index contributed by atoms with van der Waals surface area (Å²) in [5, 5.41) is 6.66. The van der Waals surface area contributed by atoms with Crippen LogP contribution in [-0.2, 0) is 0 Å². The average Bonchev–Trinajstić information content (AvgIpc) is 2.87. The van der Waals surface area contributed by atoms with Crippen molar-refractivity contribution in [3.63, 3.8) is 0 Å². The fourth-order valence-corrected chi connectivity index (χ4v) is 4.69. The molecule has 0 fully saturated rings. The van der Waals surface area contributed by atoms with Crippen molar-refractivity contribution in [3.05, 3.63) is 72.8 Å². The first-order valence-electron chi connectivity index (χ1n) is 10.4. The Morgan fingerprint density at radius 2 is 0.938 bits per heavy atom. The second-order valence-corrected chi connectivity index (χ2v) is 7.54. The summed E-state index contributed by atoms with van der Waals surface area (Å²) >= 11 is 0. The first kappa shape index (κ1) is 20.0. The van der Waals surface area contributed by atoms with Crippen LogP contribution in [0.15, 0.2) is 72.8 Å². The van der Waals surface area contributed by atoms with Crippen molar-refractivity contribution in [1.82, 2.24) is 0 Å². The largest absolute Gasteiger partial charge is 0.497 e. The fourth-order valence-electron chi connectivity index (χ4n) is 4.69. The van der Waals surface area contributed by atoms with E-state index in [9.17, 15) is 0 Å². The van der Waals surface area contributed by atoms with Gasteiger partial charge in [-0.2, -0.15) is 0 Å². The molecule has 4 nitrogen and oxygen atoms in total. The van der Waals surface area contributed by atoms with Gasteiger partial charge in [0, 0.05) is 16.3 Å². The van der Waals surface area contributed by atoms with E-state index in [1.54, 1.807) is 28.4 Å². The quantitative estimate of drug-likeness (QED) is 0.289. The molecule has 0 saturated heterocycles. The summed E-state index contributed by atoms with van der Waals surface area (Å²) in [5.41, 5.74) is 1.97. The molecular formula is C28H24O4. The Hall–Kier alpha value is -3.92. The van der Waals surface area contributed by atoms with Gasteiger partial charge in [0.2, 0.25) is 5.75 Å². The maximum atomic E-state index is 5.95. The highest BCUT2D eigenvalue weighted by Crippen LogP contribution is 2.54. The zero-order valence-electron chi connectivity index (χ0n) is 18.6. The van der Waals surface area contributed by atoms with Gasteiger partial charge in [0.25, 0.3) is 0 Å². The minimum absolute atomic E-state index is 0.578. The number of hydrogen-bond donors (Lipinski definition) is 0. The van der Waals surface area contributed by atoms with Crippen LogP contribution in [0.4, 0.5) is 0 Å². The highest BCUT2D eigenvalue weighted by atomic mass is 16.5. The summed E-state index contributed by atoms with van der Waals surface area (Å²) in [7, 11) is 6.65. The molecule has 0 unspecified atom stereocenters. The Kier molecular flexibility index (Phi) is 4.98. The molecule has 160 valence electrons. The summed E-state index contributed by atoms with van der Waals surface area (Å²) in [6.45, 7) is 0. The molecule has 5 aromatic carbocycles. The minimum atomic E-state index is 0.578. The van der Waals surface area contributed by atoms with Crippen LogP contribution in [0.5, 0.6) is 23.0 Å². The predicted octanol–water partition coefficient (Wildman–Crippen LogP) is 6.85. The summed E-state index contributed by atoms with van der Waals surface area (Å²) in [5.74, 6) is 2.68. The van der Waals surface area contributed by atoms with E-state index in [1.165, 1.54) is 10.8 Å². The molecule has 0 saturated carbocycles. The van der Waals surface area contributed by atoms with E-state index in [4.69, 9.17) is 18.9 Å². The molecule has 32 heavy (non-hydrogen) atoms. The van der Waals surface area contributed by atoms with Crippen LogP contribution in [0.1, 0.15) is 0 Å². The second kappa shape index (κ2) is 7.97. The summed E-state index contributed by atoms with van der Waals surface area (Å²) in [6, 6.07) is 24.9. The van der Waals surface area contributed by atoms with Crippen molar-refractivity contribution < 1.29 is 18.9 Å². The van der Waals surface area contributed by atoms with E-state index >= 15 is 0 Å². The number of fused-ring (bicyclic) bond motifs is 6. The van der Waals surface area contributed by atoms with Gasteiger partial charge in [-0.25, -0.2) is 0 Å². The Morgan fingerprint density at radius 3 is 1.44 bits per heavy atom. The van der Waals surface area contributed by atoms with Gasteiger partial charge in [-0.15, -0.1) is 0 Å². The van der Waals surface area contributed by atoms with Crippen molar-refractivity contribution in [2.75, 3.05) is 28.4 Å². The maximum Gasteiger partial charge on any atom is 0.204 e. The van der Waals surface area contributed by atoms with Gasteiger partial charge in [0.15, 0.2) is 11.5 Å². The second-order valence-electron chi connectivity index (χ2n) is 7.54. The number of hydrogen-bond acceptors (Lipinski definition) is 4. The number of methoxy groups -OCH3 is 4. The molecule has 0 N–H and O–H groups in total. The summed E-state index contributed by atoms with van der Waals surface area (Å²) < 4.78 is 23.1. The van der Waals surface area contributed by atoms with Gasteiger partial charge in [-0.05, 0) is 39.2 Å². The zero-order valence-corrected chi connectivity index (χ0v) is 18.6. The lowest BCUT2D eigenvalue weighted by Crippen LogP contribution is -2.00. The molecule has 0 heterocycles. The van der Waals surface area contributed by atoms with E-state index < -0.39 is 0 Å². The average molecular weight is 424 g/mol. The standard InChI is InChI=1S/C28H24O4/c1-29-18-15-13-17(14-16-18)23-24-21-11-7-5-9-19(21)20-10-6-8-12-22(20)25(24)27(31-3)28(32-4)26(23)30-2/h5-16H,1-4H3. The molecule has 0 aliphatic rings. The molecular weight excluding hydrogens is 400 g/mol. The molecule has 0 radical (unpaired) electrons. The van der Waals surface area contributed by atoms with E-state index in [2.05, 4.69) is 48.5 Å². The first-order valence-corrected chi connectivity index (χ1v) is 10.4. The van der Waals surface area contributed by atoms with Crippen molar-refractivity contribution in [3.8, 4) is 34.1 Å². The molecule has 0 amide bonds. The van der Waals surface area contributed by atoms with Crippen LogP contribution in [0.2, 0.25) is 0 Å². The predicted molar refractivity (Wildman–Crippen MR) is 131 cm³/mol. The lowest BCUT2D eigenvalue weighted by molar-refractivity contribution is 0.328. The molecule has 5 rings (SSSR count). The molecule has 0 aliphatic carbocycles. The third-order valence-electron chi connectivity index (χ3n) is 6.04. The maximum absolute atomic E-state index is 5.95. The van der Waals surface area contributed by atoms with Gasteiger partial charge in [0.05, 0.1) is 28.4 Å². The van der Waals surface area contributed by atoms with Crippen molar-refractivity contribution >= 4 is 32.3 Å². The van der Waals surface area contributed by atoms with Crippen molar-refractivity contribution in [2.45, 2.75) is 0 Å². The van der Waals surface area contributed by atoms with Crippen molar-refractivity contribution in [2.24, 2.45) is 0 Å². The number of benzene rings is 5. The zero-order chi connectivity index (χ0) is 22.2. The summed E-state index contributed by atoms with van der Waals surface area (Å²) in [4.78, 5) is 0. The van der Waals surface area contributed by atoms with Gasteiger partial charge in [0.1, 0.15) is 5.75 Å². The van der Waals surface area contributed by atoms with Crippen LogP contribution < -0.4 is 18.9 Å². The Labute approximate surface area is 186 Å². The summed E-state index contributed by atoms with van der Waals surface area (Å²) in [6.07, 6.45) is 0. The topological polar surface area (TPSA) is 36.9 Å². The van der Waals surface area contributed by atoms with Gasteiger partial charge >= 0.3 is 0 Å². The molecule has 0 spiro atoms. The van der Waals surface area contributed by atoms with Gasteiger partial charge in [-0.3, -0.25) is 0 Å². The fraction of sp³-hybridized carbons (Fsp3) is 0.143. The molecule has 0 atom stereocenters. The third kappa shape index (κ3) is 2.83. The van der Waals surface area contributed by atoms with Crippen LogP contribution in [0.25, 0.3) is 43.4 Å². The molecule has 5 aromatic rings. The van der Waals surface area contributed by atoms with Crippen LogP contribution in [0, 0.1) is 0 Å². The SMILES string of the molecule is COc1ccc(-c2c(OC)c(OC)c(OC)c3c4ccccc4c4ccccc4c23)cc1. The molecule has 0 bridgehead atoms. The minimum Gasteiger partial charge on any atom is -0.497 e. The monoisotopic (exact) mass is 424 g/mol. The molecule has 0 aliphatic heterocycles. The lowest BCUT2D eigenvalue weighted by atomic mass is 9.88. The number of rotatable bonds is 5. The lowest BCUT2D eigenvalue weighted by Gasteiger charge is -2.22. The third-order valence-corrected chi connectivity index (χ3v) is 6.04. The smallest absolute Gasteiger partial charge is 0.204 e. The van der Waals surface area contributed by atoms with Gasteiger partial charge in [-0.1, -0.05) is 60.7 Å². The van der Waals surface area contributed by atoms with Crippen molar-refractivity contribution in [1.29, 1.82) is 0 Å². The van der Waals surface area contributed by atoms with E-state index in [0.29, 0.717) is 17.2 Å². The Balaban J connectivity index is 2.11. The highest BCUT2D eigenvalue weighted by molar-refractivity contribution is 6.31. The van der Waals surface area contributed by atoms with Crippen LogP contribution in [0.3, 0.4) is 0 Å². The normalized spacial score (nSPS) is 11.1. The van der Waals surface area contributed by atoms with Gasteiger partial charge < -0.3 is 18.9 Å². The first-order chi connectivity index (χ1) is 15.7. The molecule has 4 heteroatoms. The van der Waals surface area contributed by atoms with E-state index in [-0.39, 0.29) is 0 Å².